The molecule has 20 heavy (non-hydrogen) atoms. The van der Waals surface area contributed by atoms with E-state index in [0.29, 0.717) is 12.1 Å². The Bertz CT molecular complexity index is 408. The number of nitrogens with one attached hydrogen (secondary N) is 1. The molecule has 0 saturated carbocycles. The number of rotatable bonds is 5. The van der Waals surface area contributed by atoms with E-state index >= 15 is 0 Å². The fraction of sp³-hybridized carbons (Fsp3) is 0.647. The molecule has 0 amide bonds. The highest BCUT2D eigenvalue weighted by atomic mass is 16.5. The molecule has 0 aromatic heterocycles. The van der Waals surface area contributed by atoms with Gasteiger partial charge in [-0.3, -0.25) is 0 Å². The first kappa shape index (κ1) is 14.1. The van der Waals surface area contributed by atoms with E-state index in [9.17, 15) is 5.11 Å². The Morgan fingerprint density at radius 3 is 2.50 bits per heavy atom. The minimum absolute atomic E-state index is 0.349. The van der Waals surface area contributed by atoms with Crippen LogP contribution in [0, 0.1) is 0 Å². The summed E-state index contributed by atoms with van der Waals surface area (Å²) in [6, 6.07) is 11.3. The number of piperidine rings is 1. The third-order valence-electron chi connectivity index (χ3n) is 4.56. The second-order valence-corrected chi connectivity index (χ2v) is 6.42. The van der Waals surface area contributed by atoms with Gasteiger partial charge < -0.3 is 15.2 Å². The van der Waals surface area contributed by atoms with Crippen molar-refractivity contribution in [1.29, 1.82) is 0 Å². The van der Waals surface area contributed by atoms with Crippen LogP contribution in [0.1, 0.15) is 37.7 Å². The lowest BCUT2D eigenvalue weighted by Gasteiger charge is -2.45. The first-order valence-electron chi connectivity index (χ1n) is 7.84. The van der Waals surface area contributed by atoms with Gasteiger partial charge in [-0.2, -0.15) is 0 Å². The van der Waals surface area contributed by atoms with Crippen molar-refractivity contribution < 1.29 is 9.84 Å². The number of unbranched alkanes of at least 4 members (excludes halogenated alkanes) is 1. The summed E-state index contributed by atoms with van der Waals surface area (Å²) < 4.78 is 5.54. The van der Waals surface area contributed by atoms with Gasteiger partial charge in [-0.15, -0.1) is 0 Å². The molecule has 2 N–H and O–H groups in total. The fourth-order valence-electron chi connectivity index (χ4n) is 3.65. The number of morpholine rings is 1. The van der Waals surface area contributed by atoms with Crippen LogP contribution in [0.4, 0.5) is 0 Å². The van der Waals surface area contributed by atoms with Crippen LogP contribution in [0.5, 0.6) is 0 Å². The van der Waals surface area contributed by atoms with Gasteiger partial charge in [0.05, 0.1) is 18.8 Å². The third-order valence-corrected chi connectivity index (χ3v) is 4.56. The molecule has 0 spiro atoms. The molecule has 0 aliphatic carbocycles. The van der Waals surface area contributed by atoms with Crippen molar-refractivity contribution in [3.8, 4) is 0 Å². The van der Waals surface area contributed by atoms with Crippen LogP contribution in [-0.2, 0) is 11.2 Å². The van der Waals surface area contributed by atoms with Crippen molar-refractivity contribution in [3.05, 3.63) is 35.9 Å². The number of aliphatic hydroxyl groups is 1. The summed E-state index contributed by atoms with van der Waals surface area (Å²) in [6.45, 7) is 1.51. The molecule has 2 atom stereocenters. The summed E-state index contributed by atoms with van der Waals surface area (Å²) in [4.78, 5) is 0. The molecule has 2 fully saturated rings. The summed E-state index contributed by atoms with van der Waals surface area (Å²) in [5.74, 6) is 0. The van der Waals surface area contributed by atoms with E-state index < -0.39 is 5.60 Å². The average molecular weight is 275 g/mol. The second-order valence-electron chi connectivity index (χ2n) is 6.42. The molecule has 2 bridgehead atoms. The zero-order valence-electron chi connectivity index (χ0n) is 12.1. The summed E-state index contributed by atoms with van der Waals surface area (Å²) >= 11 is 0. The number of benzene rings is 1. The number of ether oxygens (including phenoxy) is 1. The van der Waals surface area contributed by atoms with Gasteiger partial charge in [-0.1, -0.05) is 36.8 Å². The molecule has 3 nitrogen and oxygen atoms in total. The van der Waals surface area contributed by atoms with Gasteiger partial charge in [-0.25, -0.2) is 0 Å². The number of hydrogen-bond donors (Lipinski definition) is 2. The predicted molar refractivity (Wildman–Crippen MR) is 79.7 cm³/mol. The zero-order chi connectivity index (χ0) is 13.8. The van der Waals surface area contributed by atoms with Crippen LogP contribution in [0.3, 0.4) is 0 Å². The molecule has 110 valence electrons. The Labute approximate surface area is 121 Å². The predicted octanol–water partition coefficient (Wildman–Crippen LogP) is 2.28. The number of aryl methyl sites for hydroxylation is 1. The highest BCUT2D eigenvalue weighted by molar-refractivity contribution is 5.14. The van der Waals surface area contributed by atoms with Crippen molar-refractivity contribution in [3.63, 3.8) is 0 Å². The molecular weight excluding hydrogens is 250 g/mol. The Balaban J connectivity index is 1.43. The Hall–Kier alpha value is -0.900. The minimum Gasteiger partial charge on any atom is -0.390 e. The standard InChI is InChI=1S/C17H25NO2/c19-17(10-15-12-20-13-16(11-17)18-15)9-5-4-8-14-6-2-1-3-7-14/h1-3,6-7,15-16,18-19H,4-5,8-13H2. The van der Waals surface area contributed by atoms with E-state index in [1.807, 2.05) is 0 Å². The maximum absolute atomic E-state index is 10.8. The van der Waals surface area contributed by atoms with Crippen molar-refractivity contribution in [2.24, 2.45) is 0 Å². The Kier molecular flexibility index (Phi) is 4.39. The molecule has 2 aliphatic heterocycles. The smallest absolute Gasteiger partial charge is 0.0679 e. The summed E-state index contributed by atoms with van der Waals surface area (Å²) in [5.41, 5.74) is 0.927. The molecule has 2 aliphatic rings. The Morgan fingerprint density at radius 2 is 1.80 bits per heavy atom. The summed E-state index contributed by atoms with van der Waals surface area (Å²) in [7, 11) is 0. The van der Waals surface area contributed by atoms with E-state index in [0.717, 1.165) is 51.7 Å². The third kappa shape index (κ3) is 3.60. The van der Waals surface area contributed by atoms with Gasteiger partial charge >= 0.3 is 0 Å². The highest BCUT2D eigenvalue weighted by Gasteiger charge is 2.40. The molecule has 1 aromatic rings. The van der Waals surface area contributed by atoms with E-state index in [-0.39, 0.29) is 0 Å². The zero-order valence-corrected chi connectivity index (χ0v) is 12.1. The minimum atomic E-state index is -0.471. The SMILES string of the molecule is OC1(CCCCc2ccccc2)CC2COCC(C1)N2. The second kappa shape index (κ2) is 6.25. The van der Waals surface area contributed by atoms with Crippen LogP contribution in [0.2, 0.25) is 0 Å². The van der Waals surface area contributed by atoms with Gasteiger partial charge in [0.25, 0.3) is 0 Å². The monoisotopic (exact) mass is 275 g/mol. The van der Waals surface area contributed by atoms with Crippen LogP contribution < -0.4 is 5.32 Å². The summed E-state index contributed by atoms with van der Waals surface area (Å²) in [5, 5.41) is 14.3. The van der Waals surface area contributed by atoms with E-state index in [4.69, 9.17) is 4.74 Å². The molecule has 3 heteroatoms. The largest absolute Gasteiger partial charge is 0.390 e. The number of hydrogen-bond acceptors (Lipinski definition) is 3. The van der Waals surface area contributed by atoms with Crippen molar-refractivity contribution >= 4 is 0 Å². The maximum atomic E-state index is 10.8. The van der Waals surface area contributed by atoms with Gasteiger partial charge in [0.1, 0.15) is 0 Å². The highest BCUT2D eigenvalue weighted by Crippen LogP contribution is 2.32. The molecule has 2 saturated heterocycles. The quantitative estimate of drug-likeness (QED) is 0.810. The maximum Gasteiger partial charge on any atom is 0.0679 e. The summed E-state index contributed by atoms with van der Waals surface area (Å²) in [6.07, 6.45) is 5.99. The van der Waals surface area contributed by atoms with Crippen molar-refractivity contribution in [2.45, 2.75) is 56.2 Å². The molecule has 0 radical (unpaired) electrons. The molecule has 3 rings (SSSR count). The van der Waals surface area contributed by atoms with E-state index in [2.05, 4.69) is 35.6 Å². The number of fused-ring (bicyclic) bond motifs is 2. The van der Waals surface area contributed by atoms with Crippen LogP contribution >= 0.6 is 0 Å². The van der Waals surface area contributed by atoms with E-state index in [1.54, 1.807) is 0 Å². The molecular formula is C17H25NO2. The topological polar surface area (TPSA) is 41.5 Å². The lowest BCUT2D eigenvalue weighted by molar-refractivity contribution is -0.0807. The molecule has 2 heterocycles. The van der Waals surface area contributed by atoms with Gasteiger partial charge in [0.2, 0.25) is 0 Å². The van der Waals surface area contributed by atoms with Gasteiger partial charge in [-0.05, 0) is 37.7 Å². The van der Waals surface area contributed by atoms with Gasteiger partial charge in [0.15, 0.2) is 0 Å². The molecule has 1 aromatic carbocycles. The normalized spacial score (nSPS) is 33.0. The van der Waals surface area contributed by atoms with Crippen LogP contribution in [0.25, 0.3) is 0 Å². The molecule has 2 unspecified atom stereocenters. The lowest BCUT2D eigenvalue weighted by Crippen LogP contribution is -2.59. The van der Waals surface area contributed by atoms with Gasteiger partial charge in [0, 0.05) is 12.1 Å². The van der Waals surface area contributed by atoms with Crippen molar-refractivity contribution in [1.82, 2.24) is 5.32 Å². The van der Waals surface area contributed by atoms with Crippen molar-refractivity contribution in [2.75, 3.05) is 13.2 Å². The van der Waals surface area contributed by atoms with E-state index in [1.165, 1.54) is 5.56 Å². The lowest BCUT2D eigenvalue weighted by atomic mass is 9.79. The average Bonchev–Trinajstić information content (AvgIpc) is 2.44. The first-order chi connectivity index (χ1) is 9.73. The first-order valence-corrected chi connectivity index (χ1v) is 7.84. The fourth-order valence-corrected chi connectivity index (χ4v) is 3.65. The van der Waals surface area contributed by atoms with Crippen LogP contribution in [-0.4, -0.2) is 36.0 Å². The Morgan fingerprint density at radius 1 is 1.10 bits per heavy atom. The van der Waals surface area contributed by atoms with Crippen LogP contribution in [0.15, 0.2) is 30.3 Å².